The number of anilines is 1. The summed E-state index contributed by atoms with van der Waals surface area (Å²) in [6.07, 6.45) is 1.21. The highest BCUT2D eigenvalue weighted by atomic mass is 32.3. The molecule has 1 unspecified atom stereocenters. The average Bonchev–Trinajstić information content (AvgIpc) is 2.63. The lowest BCUT2D eigenvalue weighted by Crippen LogP contribution is -2.36. The monoisotopic (exact) mass is 391 g/mol. The third kappa shape index (κ3) is 10.00. The zero-order valence-electron chi connectivity index (χ0n) is 15.0. The highest BCUT2D eigenvalue weighted by Gasteiger charge is 2.17. The molecule has 1 aliphatic heterocycles. The smallest absolute Gasteiger partial charge is 0.394 e. The number of ether oxygens (including phenoxy) is 3. The predicted molar refractivity (Wildman–Crippen MR) is 94.0 cm³/mol. The molecule has 2 rings (SSSR count). The van der Waals surface area contributed by atoms with Crippen molar-refractivity contribution in [2.24, 2.45) is 0 Å². The fourth-order valence-electron chi connectivity index (χ4n) is 2.08. The molecule has 1 aromatic carbocycles. The Hall–Kier alpha value is -2.13. The van der Waals surface area contributed by atoms with Gasteiger partial charge in [0, 0.05) is 29.9 Å². The zero-order chi connectivity index (χ0) is 20.2. The predicted octanol–water partition coefficient (Wildman–Crippen LogP) is 2.09. The summed E-state index contributed by atoms with van der Waals surface area (Å²) < 4.78 is 48.3. The molecule has 1 aliphatic rings. The fraction of sp³-hybridized carbons (Fsp3) is 0.600. The molecular weight excluding hydrogens is 366 g/mol. The van der Waals surface area contributed by atoms with Gasteiger partial charge in [0.15, 0.2) is 0 Å². The van der Waals surface area contributed by atoms with E-state index in [2.05, 4.69) is 18.7 Å². The van der Waals surface area contributed by atoms with Crippen LogP contribution in [-0.4, -0.2) is 57.0 Å². The van der Waals surface area contributed by atoms with Crippen molar-refractivity contribution < 1.29 is 31.7 Å². The molecule has 0 saturated carbocycles. The molecule has 0 radical (unpaired) electrons. The van der Waals surface area contributed by atoms with Gasteiger partial charge in [0.05, 0.1) is 32.1 Å². The second kappa shape index (κ2) is 12.3. The van der Waals surface area contributed by atoms with Crippen LogP contribution in [-0.2, 0) is 15.1 Å². The number of nitrogens with zero attached hydrogens (tertiary/aromatic N) is 3. The molecule has 1 heterocycles. The molecule has 2 N–H and O–H groups in total. The van der Waals surface area contributed by atoms with Gasteiger partial charge in [-0.05, 0) is 25.5 Å². The second-order valence-electron chi connectivity index (χ2n) is 5.22. The lowest BCUT2D eigenvalue weighted by atomic mass is 10.2. The number of methoxy groups -OCH3 is 1. The molecule has 11 heteroatoms. The van der Waals surface area contributed by atoms with E-state index in [-0.39, 0.29) is 6.10 Å². The van der Waals surface area contributed by atoms with Crippen LogP contribution in [0.1, 0.15) is 20.3 Å². The maximum Gasteiger partial charge on any atom is 0.394 e. The van der Waals surface area contributed by atoms with Gasteiger partial charge in [0.2, 0.25) is 0 Å². The summed E-state index contributed by atoms with van der Waals surface area (Å²) in [7, 11) is -2.98. The topological polar surface area (TPSA) is 153 Å². The van der Waals surface area contributed by atoms with Crippen molar-refractivity contribution in [2.75, 3.05) is 38.3 Å². The molecule has 1 fully saturated rings. The van der Waals surface area contributed by atoms with E-state index in [0.29, 0.717) is 0 Å². The molecule has 0 aromatic heterocycles. The van der Waals surface area contributed by atoms with Gasteiger partial charge in [-0.25, -0.2) is 0 Å². The first kappa shape index (κ1) is 23.9. The fourth-order valence-corrected chi connectivity index (χ4v) is 2.08. The number of rotatable bonds is 5. The van der Waals surface area contributed by atoms with E-state index >= 15 is 0 Å². The summed E-state index contributed by atoms with van der Waals surface area (Å²) in [6.45, 7) is 7.53. The quantitative estimate of drug-likeness (QED) is 0.563. The first-order valence-corrected chi connectivity index (χ1v) is 9.21. The minimum absolute atomic E-state index is 0.216. The molecular formula is C15H25N3O7S. The molecule has 26 heavy (non-hydrogen) atoms. The number of benzene rings is 1. The summed E-state index contributed by atoms with van der Waals surface area (Å²) in [5.74, 6) is 1.79. The molecule has 0 bridgehead atoms. The third-order valence-electron chi connectivity index (χ3n) is 3.42. The molecule has 148 valence electrons. The molecule has 0 spiro atoms. The summed E-state index contributed by atoms with van der Waals surface area (Å²) in [6, 6.07) is 5.99. The minimum atomic E-state index is -4.67. The van der Waals surface area contributed by atoms with Crippen LogP contribution in [0.25, 0.3) is 0 Å². The zero-order valence-corrected chi connectivity index (χ0v) is 15.8. The van der Waals surface area contributed by atoms with Crippen LogP contribution in [0.5, 0.6) is 11.5 Å². The van der Waals surface area contributed by atoms with E-state index in [0.717, 1.165) is 49.9 Å². The summed E-state index contributed by atoms with van der Waals surface area (Å²) in [5.41, 5.74) is 1.10. The van der Waals surface area contributed by atoms with Gasteiger partial charge >= 0.3 is 10.4 Å². The molecule has 1 saturated heterocycles. The van der Waals surface area contributed by atoms with Crippen molar-refractivity contribution in [1.82, 2.24) is 0 Å². The summed E-state index contributed by atoms with van der Waals surface area (Å²) in [5, 5.41) is 12.0. The molecule has 10 nitrogen and oxygen atoms in total. The van der Waals surface area contributed by atoms with Crippen molar-refractivity contribution in [1.29, 1.82) is 10.8 Å². The largest absolute Gasteiger partial charge is 0.497 e. The van der Waals surface area contributed by atoms with Crippen LogP contribution in [0.4, 0.5) is 5.69 Å². The lowest BCUT2D eigenvalue weighted by molar-refractivity contribution is 0.122. The van der Waals surface area contributed by atoms with Gasteiger partial charge in [0.1, 0.15) is 11.5 Å². The van der Waals surface area contributed by atoms with E-state index < -0.39 is 10.4 Å². The molecule has 1 atom stereocenters. The minimum Gasteiger partial charge on any atom is -0.497 e. The van der Waals surface area contributed by atoms with E-state index in [9.17, 15) is 0 Å². The van der Waals surface area contributed by atoms with Crippen LogP contribution < -0.4 is 14.4 Å². The van der Waals surface area contributed by atoms with Crippen molar-refractivity contribution >= 4 is 16.1 Å². The average molecular weight is 391 g/mol. The Kier molecular flexibility index (Phi) is 11.3. The van der Waals surface area contributed by atoms with E-state index in [1.165, 1.54) is 0 Å². The van der Waals surface area contributed by atoms with Gasteiger partial charge in [-0.2, -0.15) is 8.42 Å². The Bertz CT molecular complexity index is 638. The third-order valence-corrected chi connectivity index (χ3v) is 3.42. The Balaban J connectivity index is 0.000000772. The molecule has 1 aromatic rings. The number of hydrogen-bond donors (Lipinski definition) is 2. The standard InChI is InChI=1S/C15H23NO3.N2.H2O4S/c1-4-12(2)19-15-6-5-13(17-3)11-14(15)16-7-9-18-10-8-16;1-2;1-5(2,3)4/h5-6,11-12H,4,7-10H2,1-3H3;;(H2,1,2,3,4). The van der Waals surface area contributed by atoms with Crippen LogP contribution >= 0.6 is 0 Å². The van der Waals surface area contributed by atoms with Gasteiger partial charge in [-0.15, -0.1) is 0 Å². The van der Waals surface area contributed by atoms with Crippen molar-refractivity contribution in [3.8, 4) is 11.5 Å². The number of morpholine rings is 1. The van der Waals surface area contributed by atoms with Gasteiger partial charge in [0.25, 0.3) is 0 Å². The summed E-state index contributed by atoms with van der Waals surface area (Å²) in [4.78, 5) is 2.30. The van der Waals surface area contributed by atoms with Crippen molar-refractivity contribution in [2.45, 2.75) is 26.4 Å². The Labute approximate surface area is 153 Å². The van der Waals surface area contributed by atoms with E-state index in [1.54, 1.807) is 7.11 Å². The molecule has 0 amide bonds. The Morgan fingerprint density at radius 3 is 2.27 bits per heavy atom. The van der Waals surface area contributed by atoms with Crippen LogP contribution in [0.15, 0.2) is 18.2 Å². The lowest BCUT2D eigenvalue weighted by Gasteiger charge is -2.31. The highest BCUT2D eigenvalue weighted by Crippen LogP contribution is 2.33. The van der Waals surface area contributed by atoms with E-state index in [1.807, 2.05) is 18.2 Å². The van der Waals surface area contributed by atoms with Crippen LogP contribution in [0.3, 0.4) is 0 Å². The van der Waals surface area contributed by atoms with Crippen molar-refractivity contribution in [3.05, 3.63) is 18.2 Å². The highest BCUT2D eigenvalue weighted by molar-refractivity contribution is 7.79. The Morgan fingerprint density at radius 2 is 1.81 bits per heavy atom. The van der Waals surface area contributed by atoms with Crippen LogP contribution in [0, 0.1) is 10.8 Å². The van der Waals surface area contributed by atoms with Crippen molar-refractivity contribution in [3.63, 3.8) is 0 Å². The maximum atomic E-state index is 8.74. The van der Waals surface area contributed by atoms with Gasteiger partial charge in [-0.3, -0.25) is 9.11 Å². The van der Waals surface area contributed by atoms with Gasteiger partial charge < -0.3 is 19.1 Å². The van der Waals surface area contributed by atoms with E-state index in [4.69, 9.17) is 42.5 Å². The SMILES string of the molecule is CCC(C)Oc1ccc(OC)cc1N1CCOCC1.N#N.O=S(=O)(O)O. The van der Waals surface area contributed by atoms with Gasteiger partial charge in [-0.1, -0.05) is 6.92 Å². The Morgan fingerprint density at radius 1 is 1.27 bits per heavy atom. The second-order valence-corrected chi connectivity index (χ2v) is 6.11. The normalized spacial score (nSPS) is 14.8. The maximum absolute atomic E-state index is 8.74. The first-order chi connectivity index (χ1) is 12.2. The first-order valence-electron chi connectivity index (χ1n) is 7.81. The number of hydrogen-bond acceptors (Lipinski definition) is 8. The van der Waals surface area contributed by atoms with Crippen LogP contribution in [0.2, 0.25) is 0 Å². The summed E-state index contributed by atoms with van der Waals surface area (Å²) >= 11 is 0. The molecule has 0 aliphatic carbocycles.